The van der Waals surface area contributed by atoms with Crippen molar-refractivity contribution in [3.63, 3.8) is 0 Å². The molecule has 7 nitrogen and oxygen atoms in total. The van der Waals surface area contributed by atoms with Crippen LogP contribution in [-0.4, -0.2) is 25.5 Å². The van der Waals surface area contributed by atoms with Crippen LogP contribution < -0.4 is 15.2 Å². The maximum atomic E-state index is 13.7. The molecule has 0 bridgehead atoms. The monoisotopic (exact) mass is 312 g/mol. The Hall–Kier alpha value is -2.42. The SMILES string of the molecule is COc1cc(C)nc(NS(=O)(=O)c2c(N)cccc2F)n1. The molecule has 9 heteroatoms. The highest BCUT2D eigenvalue weighted by molar-refractivity contribution is 7.92. The first-order valence-corrected chi connectivity index (χ1v) is 7.28. The van der Waals surface area contributed by atoms with E-state index in [0.29, 0.717) is 5.69 Å². The van der Waals surface area contributed by atoms with Crippen molar-refractivity contribution in [3.8, 4) is 5.88 Å². The van der Waals surface area contributed by atoms with Crippen LogP contribution in [0.2, 0.25) is 0 Å². The number of nitrogens with two attached hydrogens (primary N) is 1. The summed E-state index contributed by atoms with van der Waals surface area (Å²) in [6.45, 7) is 1.64. The highest BCUT2D eigenvalue weighted by Crippen LogP contribution is 2.24. The van der Waals surface area contributed by atoms with Crippen LogP contribution in [0.1, 0.15) is 5.69 Å². The van der Waals surface area contributed by atoms with E-state index in [9.17, 15) is 12.8 Å². The Kier molecular flexibility index (Phi) is 3.94. The molecule has 0 aliphatic rings. The van der Waals surface area contributed by atoms with E-state index < -0.39 is 20.7 Å². The number of halogens is 1. The van der Waals surface area contributed by atoms with Crippen LogP contribution in [0.4, 0.5) is 16.0 Å². The highest BCUT2D eigenvalue weighted by atomic mass is 32.2. The number of nitrogens with zero attached hydrogens (tertiary/aromatic N) is 2. The Balaban J connectivity index is 2.45. The summed E-state index contributed by atoms with van der Waals surface area (Å²) in [7, 11) is -2.86. The number of nitrogen functional groups attached to an aromatic ring is 1. The average molecular weight is 312 g/mol. The molecule has 1 aromatic carbocycles. The van der Waals surface area contributed by atoms with Gasteiger partial charge in [-0.05, 0) is 19.1 Å². The van der Waals surface area contributed by atoms with Crippen LogP contribution in [0.3, 0.4) is 0 Å². The third-order valence-corrected chi connectivity index (χ3v) is 3.95. The van der Waals surface area contributed by atoms with Gasteiger partial charge in [-0.25, -0.2) is 22.5 Å². The molecule has 1 aromatic heterocycles. The molecular formula is C12H13FN4O3S. The summed E-state index contributed by atoms with van der Waals surface area (Å²) in [5, 5.41) is 0. The number of hydrogen-bond donors (Lipinski definition) is 2. The number of nitrogens with one attached hydrogen (secondary N) is 1. The largest absolute Gasteiger partial charge is 0.481 e. The summed E-state index contributed by atoms with van der Waals surface area (Å²) >= 11 is 0. The molecule has 2 rings (SSSR count). The lowest BCUT2D eigenvalue weighted by atomic mass is 10.3. The van der Waals surface area contributed by atoms with Gasteiger partial charge in [-0.1, -0.05) is 6.07 Å². The number of ether oxygens (including phenoxy) is 1. The van der Waals surface area contributed by atoms with Crippen LogP contribution in [-0.2, 0) is 10.0 Å². The quantitative estimate of drug-likeness (QED) is 0.824. The van der Waals surface area contributed by atoms with Gasteiger partial charge in [0.1, 0.15) is 10.7 Å². The fourth-order valence-corrected chi connectivity index (χ4v) is 2.81. The second-order valence-corrected chi connectivity index (χ2v) is 5.76. The van der Waals surface area contributed by atoms with Gasteiger partial charge in [0.15, 0.2) is 0 Å². The molecule has 0 unspecified atom stereocenters. The Labute approximate surface area is 121 Å². The summed E-state index contributed by atoms with van der Waals surface area (Å²) in [6, 6.07) is 5.13. The summed E-state index contributed by atoms with van der Waals surface area (Å²) in [5.74, 6) is -1.00. The number of benzene rings is 1. The minimum absolute atomic E-state index is 0.182. The van der Waals surface area contributed by atoms with Crippen molar-refractivity contribution >= 4 is 21.7 Å². The van der Waals surface area contributed by atoms with Crippen molar-refractivity contribution in [3.05, 3.63) is 35.8 Å². The predicted molar refractivity (Wildman–Crippen MR) is 74.9 cm³/mol. The first-order valence-electron chi connectivity index (χ1n) is 5.80. The van der Waals surface area contributed by atoms with Crippen molar-refractivity contribution < 1.29 is 17.5 Å². The van der Waals surface area contributed by atoms with E-state index >= 15 is 0 Å². The third kappa shape index (κ3) is 3.19. The van der Waals surface area contributed by atoms with Gasteiger partial charge in [-0.2, -0.15) is 4.98 Å². The molecule has 3 N–H and O–H groups in total. The summed E-state index contributed by atoms with van der Waals surface area (Å²) in [5.41, 5.74) is 5.80. The number of rotatable bonds is 4. The van der Waals surface area contributed by atoms with Crippen molar-refractivity contribution in [1.82, 2.24) is 9.97 Å². The lowest BCUT2D eigenvalue weighted by molar-refractivity contribution is 0.397. The van der Waals surface area contributed by atoms with Crippen LogP contribution in [0, 0.1) is 12.7 Å². The molecule has 0 atom stereocenters. The number of hydrogen-bond acceptors (Lipinski definition) is 6. The summed E-state index contributed by atoms with van der Waals surface area (Å²) < 4.78 is 45.1. The molecule has 21 heavy (non-hydrogen) atoms. The van der Waals surface area contributed by atoms with Gasteiger partial charge in [0.05, 0.1) is 12.8 Å². The van der Waals surface area contributed by atoms with Gasteiger partial charge in [0.2, 0.25) is 11.8 Å². The molecule has 0 spiro atoms. The number of aryl methyl sites for hydroxylation is 1. The smallest absolute Gasteiger partial charge is 0.269 e. The van der Waals surface area contributed by atoms with Crippen LogP contribution >= 0.6 is 0 Å². The summed E-state index contributed by atoms with van der Waals surface area (Å²) in [6.07, 6.45) is 0. The van der Waals surface area contributed by atoms with E-state index in [1.807, 2.05) is 0 Å². The van der Waals surface area contributed by atoms with E-state index in [1.54, 1.807) is 6.92 Å². The van der Waals surface area contributed by atoms with Crippen molar-refractivity contribution in [2.24, 2.45) is 0 Å². The zero-order valence-electron chi connectivity index (χ0n) is 11.3. The average Bonchev–Trinajstić information content (AvgIpc) is 2.36. The molecule has 112 valence electrons. The van der Waals surface area contributed by atoms with Gasteiger partial charge in [-0.3, -0.25) is 0 Å². The lowest BCUT2D eigenvalue weighted by Gasteiger charge is -2.10. The number of aromatic nitrogens is 2. The molecule has 2 aromatic rings. The minimum atomic E-state index is -4.25. The standard InChI is InChI=1S/C12H13FN4O3S/c1-7-6-10(20-2)16-12(15-7)17-21(18,19)11-8(13)4-3-5-9(11)14/h3-6H,14H2,1-2H3,(H,15,16,17). The van der Waals surface area contributed by atoms with E-state index in [4.69, 9.17) is 10.5 Å². The molecule has 0 saturated heterocycles. The van der Waals surface area contributed by atoms with Crippen molar-refractivity contribution in [2.75, 3.05) is 17.6 Å². The maximum Gasteiger partial charge on any atom is 0.269 e. The van der Waals surface area contributed by atoms with Crippen LogP contribution in [0.5, 0.6) is 5.88 Å². The van der Waals surface area contributed by atoms with Crippen LogP contribution in [0.15, 0.2) is 29.2 Å². The number of anilines is 2. The second kappa shape index (κ2) is 5.52. The van der Waals surface area contributed by atoms with Gasteiger partial charge in [0, 0.05) is 11.8 Å². The fraction of sp³-hybridized carbons (Fsp3) is 0.167. The molecule has 0 aliphatic carbocycles. The topological polar surface area (TPSA) is 107 Å². The highest BCUT2D eigenvalue weighted by Gasteiger charge is 2.23. The maximum absolute atomic E-state index is 13.7. The van der Waals surface area contributed by atoms with E-state index in [0.717, 1.165) is 6.07 Å². The predicted octanol–water partition coefficient (Wildman–Crippen LogP) is 1.32. The lowest BCUT2D eigenvalue weighted by Crippen LogP contribution is -2.18. The van der Waals surface area contributed by atoms with Crippen molar-refractivity contribution in [2.45, 2.75) is 11.8 Å². The Bertz CT molecular complexity index is 760. The van der Waals surface area contributed by atoms with Gasteiger partial charge < -0.3 is 10.5 Å². The number of sulfonamides is 1. The fourth-order valence-electron chi connectivity index (χ4n) is 1.67. The third-order valence-electron chi connectivity index (χ3n) is 2.53. The van der Waals surface area contributed by atoms with E-state index in [-0.39, 0.29) is 17.5 Å². The molecule has 1 heterocycles. The van der Waals surface area contributed by atoms with Crippen LogP contribution in [0.25, 0.3) is 0 Å². The van der Waals surface area contributed by atoms with Gasteiger partial charge in [0.25, 0.3) is 10.0 Å². The van der Waals surface area contributed by atoms with Crippen molar-refractivity contribution in [1.29, 1.82) is 0 Å². The molecule has 0 amide bonds. The zero-order valence-corrected chi connectivity index (χ0v) is 12.1. The minimum Gasteiger partial charge on any atom is -0.481 e. The molecule has 0 saturated carbocycles. The molecule has 0 radical (unpaired) electrons. The Morgan fingerprint density at radius 1 is 1.33 bits per heavy atom. The Morgan fingerprint density at radius 2 is 2.05 bits per heavy atom. The van der Waals surface area contributed by atoms with E-state index in [1.165, 1.54) is 25.3 Å². The first kappa shape index (κ1) is 15.0. The molecular weight excluding hydrogens is 299 g/mol. The first-order chi connectivity index (χ1) is 9.83. The van der Waals surface area contributed by atoms with Gasteiger partial charge >= 0.3 is 0 Å². The normalized spacial score (nSPS) is 11.2. The summed E-state index contributed by atoms with van der Waals surface area (Å²) in [4.78, 5) is 7.10. The number of methoxy groups -OCH3 is 1. The molecule has 0 aliphatic heterocycles. The Morgan fingerprint density at radius 3 is 2.67 bits per heavy atom. The molecule has 0 fully saturated rings. The zero-order chi connectivity index (χ0) is 15.6. The van der Waals surface area contributed by atoms with E-state index in [2.05, 4.69) is 14.7 Å². The van der Waals surface area contributed by atoms with Gasteiger partial charge in [-0.15, -0.1) is 0 Å². The second-order valence-electron chi connectivity index (χ2n) is 4.14.